The lowest BCUT2D eigenvalue weighted by molar-refractivity contribution is -0.275. The molecule has 1 spiro atoms. The zero-order valence-electron chi connectivity index (χ0n) is 18.7. The largest absolute Gasteiger partial charge is 0.435 e. The Bertz CT molecular complexity index is 1410. The molecule has 3 aliphatic heterocycles. The summed E-state index contributed by atoms with van der Waals surface area (Å²) < 4.78 is 84.8. The Labute approximate surface area is 208 Å². The molecule has 1 fully saturated rings. The highest BCUT2D eigenvalue weighted by molar-refractivity contribution is 7.91. The molecular weight excluding hydrogens is 528 g/mol. The van der Waals surface area contributed by atoms with Crippen molar-refractivity contribution in [1.29, 1.82) is 0 Å². The Morgan fingerprint density at radius 3 is 2.56 bits per heavy atom. The molecular formula is C23H19ClF4N2O5S. The van der Waals surface area contributed by atoms with Gasteiger partial charge in [0.05, 0.1) is 30.4 Å². The van der Waals surface area contributed by atoms with E-state index in [1.165, 1.54) is 4.90 Å². The van der Waals surface area contributed by atoms with Gasteiger partial charge in [0.1, 0.15) is 17.2 Å². The minimum atomic E-state index is -4.86. The Hall–Kier alpha value is -2.70. The Morgan fingerprint density at radius 1 is 1.19 bits per heavy atom. The minimum absolute atomic E-state index is 0.0510. The van der Waals surface area contributed by atoms with Crippen LogP contribution in [0.5, 0.6) is 0 Å². The molecule has 1 saturated heterocycles. The first-order valence-electron chi connectivity index (χ1n) is 10.7. The van der Waals surface area contributed by atoms with Crippen LogP contribution in [-0.2, 0) is 42.0 Å². The van der Waals surface area contributed by atoms with E-state index in [4.69, 9.17) is 21.2 Å². The Morgan fingerprint density at radius 2 is 1.92 bits per heavy atom. The van der Waals surface area contributed by atoms with Gasteiger partial charge in [-0.1, -0.05) is 35.0 Å². The summed E-state index contributed by atoms with van der Waals surface area (Å²) in [6.07, 6.45) is -4.52. The van der Waals surface area contributed by atoms with Crippen molar-refractivity contribution in [2.75, 3.05) is 25.1 Å². The standard InChI is InChI=1S/C23H19ClF4N2O5S/c1-36(32,33)10-20(31)30-11-21(12-30)16-4-2-13(6-14(16)9-34-21)19-8-22(35-29-19,23(26,27)28)15-3-5-18(25)17(24)7-15/h2-7H,8-12H2,1H3/t22-/m1/s1. The summed E-state index contributed by atoms with van der Waals surface area (Å²) in [6.45, 7) is 0.532. The molecule has 3 aliphatic rings. The number of benzene rings is 2. The monoisotopic (exact) mass is 546 g/mol. The van der Waals surface area contributed by atoms with Gasteiger partial charge in [-0.2, -0.15) is 13.2 Å². The van der Waals surface area contributed by atoms with Gasteiger partial charge in [-0.3, -0.25) is 4.79 Å². The highest BCUT2D eigenvalue weighted by Gasteiger charge is 2.62. The number of alkyl halides is 3. The zero-order chi connectivity index (χ0) is 26.1. The maximum absolute atomic E-state index is 14.2. The van der Waals surface area contributed by atoms with Crippen LogP contribution in [0, 0.1) is 5.82 Å². The average Bonchev–Trinajstić information content (AvgIpc) is 3.36. The molecule has 0 aliphatic carbocycles. The summed E-state index contributed by atoms with van der Waals surface area (Å²) in [6, 6.07) is 7.68. The topological polar surface area (TPSA) is 85.3 Å². The number of oxime groups is 1. The molecule has 36 heavy (non-hydrogen) atoms. The van der Waals surface area contributed by atoms with Crippen LogP contribution in [0.2, 0.25) is 5.02 Å². The van der Waals surface area contributed by atoms with Crippen LogP contribution in [0.4, 0.5) is 17.6 Å². The van der Waals surface area contributed by atoms with Crippen LogP contribution in [0.1, 0.15) is 28.7 Å². The third-order valence-electron chi connectivity index (χ3n) is 6.64. The smallest absolute Gasteiger partial charge is 0.374 e. The predicted octanol–water partition coefficient (Wildman–Crippen LogP) is 3.67. The highest BCUT2D eigenvalue weighted by atomic mass is 35.5. The maximum atomic E-state index is 14.2. The van der Waals surface area contributed by atoms with Crippen molar-refractivity contribution in [3.8, 4) is 0 Å². The molecule has 0 bridgehead atoms. The van der Waals surface area contributed by atoms with Gasteiger partial charge in [-0.15, -0.1) is 0 Å². The number of hydrogen-bond donors (Lipinski definition) is 0. The van der Waals surface area contributed by atoms with Crippen molar-refractivity contribution < 1.29 is 40.3 Å². The van der Waals surface area contributed by atoms with E-state index < -0.39 is 56.1 Å². The van der Waals surface area contributed by atoms with Gasteiger partial charge in [-0.05, 0) is 34.9 Å². The van der Waals surface area contributed by atoms with Crippen molar-refractivity contribution in [2.45, 2.75) is 30.4 Å². The number of amides is 1. The van der Waals surface area contributed by atoms with Gasteiger partial charge < -0.3 is 14.5 Å². The third kappa shape index (κ3) is 4.04. The van der Waals surface area contributed by atoms with Gasteiger partial charge in [0.25, 0.3) is 5.60 Å². The lowest BCUT2D eigenvalue weighted by atomic mass is 9.83. The molecule has 2 aromatic rings. The third-order valence-corrected chi connectivity index (χ3v) is 7.70. The molecule has 1 atom stereocenters. The summed E-state index contributed by atoms with van der Waals surface area (Å²) in [5.41, 5.74) is -2.01. The second-order valence-corrected chi connectivity index (χ2v) is 11.8. The van der Waals surface area contributed by atoms with Crippen molar-refractivity contribution in [3.05, 3.63) is 69.5 Å². The summed E-state index contributed by atoms with van der Waals surface area (Å²) >= 11 is 5.73. The molecule has 0 unspecified atom stereocenters. The van der Waals surface area contributed by atoms with Gasteiger partial charge in [0, 0.05) is 18.2 Å². The predicted molar refractivity (Wildman–Crippen MR) is 121 cm³/mol. The average molecular weight is 547 g/mol. The van der Waals surface area contributed by atoms with Crippen molar-refractivity contribution in [2.24, 2.45) is 5.16 Å². The first kappa shape index (κ1) is 25.0. The molecule has 7 nitrogen and oxygen atoms in total. The molecule has 2 aromatic carbocycles. The quantitative estimate of drug-likeness (QED) is 0.546. The second kappa shape index (κ2) is 8.15. The number of carbonyl (C=O) groups is 1. The van der Waals surface area contributed by atoms with Gasteiger partial charge in [0.15, 0.2) is 9.84 Å². The fourth-order valence-corrected chi connectivity index (χ4v) is 5.57. The molecule has 0 aromatic heterocycles. The Balaban J connectivity index is 1.37. The van der Waals surface area contributed by atoms with Crippen LogP contribution >= 0.6 is 11.6 Å². The van der Waals surface area contributed by atoms with E-state index in [0.29, 0.717) is 5.56 Å². The highest BCUT2D eigenvalue weighted by Crippen LogP contribution is 2.50. The number of ether oxygens (including phenoxy) is 1. The number of nitrogens with zero attached hydrogens (tertiary/aromatic N) is 2. The lowest BCUT2D eigenvalue weighted by Gasteiger charge is -2.47. The zero-order valence-corrected chi connectivity index (χ0v) is 20.3. The SMILES string of the molecule is CS(=O)(=O)CC(=O)N1CC2(C1)OCc1cc(C3=NO[C@](c4ccc(F)c(Cl)c4)(C(F)(F)F)C3)ccc12. The fourth-order valence-electron chi connectivity index (χ4n) is 4.76. The van der Waals surface area contributed by atoms with E-state index >= 15 is 0 Å². The minimum Gasteiger partial charge on any atom is -0.374 e. The van der Waals surface area contributed by atoms with Crippen molar-refractivity contribution >= 4 is 33.1 Å². The van der Waals surface area contributed by atoms with Crippen LogP contribution in [0.25, 0.3) is 0 Å². The first-order chi connectivity index (χ1) is 16.7. The Kier molecular flexibility index (Phi) is 5.66. The number of likely N-dealkylation sites (tertiary alicyclic amines) is 1. The number of sulfone groups is 1. The molecule has 3 heterocycles. The number of rotatable bonds is 4. The number of carbonyl (C=O) groups excluding carboxylic acids is 1. The summed E-state index contributed by atoms with van der Waals surface area (Å²) in [4.78, 5) is 18.5. The van der Waals surface area contributed by atoms with Crippen LogP contribution < -0.4 is 0 Å². The second-order valence-electron chi connectivity index (χ2n) is 9.23. The van der Waals surface area contributed by atoms with Crippen LogP contribution in [0.15, 0.2) is 41.6 Å². The van der Waals surface area contributed by atoms with Gasteiger partial charge in [-0.25, -0.2) is 12.8 Å². The van der Waals surface area contributed by atoms with Crippen molar-refractivity contribution in [3.63, 3.8) is 0 Å². The molecule has 1 amide bonds. The van der Waals surface area contributed by atoms with E-state index in [2.05, 4.69) is 5.16 Å². The molecule has 5 rings (SSSR count). The van der Waals surface area contributed by atoms with Crippen LogP contribution in [0.3, 0.4) is 0 Å². The lowest BCUT2D eigenvalue weighted by Crippen LogP contribution is -2.62. The van der Waals surface area contributed by atoms with E-state index in [1.807, 2.05) is 0 Å². The molecule has 192 valence electrons. The summed E-state index contributed by atoms with van der Waals surface area (Å²) in [5, 5.41) is 3.27. The molecule has 13 heteroatoms. The number of hydrogen-bond acceptors (Lipinski definition) is 6. The van der Waals surface area contributed by atoms with E-state index in [0.717, 1.165) is 35.6 Å². The van der Waals surface area contributed by atoms with Crippen molar-refractivity contribution in [1.82, 2.24) is 4.90 Å². The van der Waals surface area contributed by atoms with E-state index in [1.54, 1.807) is 18.2 Å². The van der Waals surface area contributed by atoms with E-state index in [-0.39, 0.29) is 31.0 Å². The number of fused-ring (bicyclic) bond motifs is 2. The normalized spacial score (nSPS) is 22.7. The molecule has 0 saturated carbocycles. The summed E-state index contributed by atoms with van der Waals surface area (Å²) in [7, 11) is -3.46. The van der Waals surface area contributed by atoms with Gasteiger partial charge in [0.2, 0.25) is 5.91 Å². The maximum Gasteiger partial charge on any atom is 0.435 e. The van der Waals surface area contributed by atoms with Gasteiger partial charge >= 0.3 is 6.18 Å². The molecule has 0 N–H and O–H groups in total. The number of halogens is 5. The fraction of sp³-hybridized carbons (Fsp3) is 0.391. The van der Waals surface area contributed by atoms with Crippen LogP contribution in [-0.4, -0.2) is 56.2 Å². The first-order valence-corrected chi connectivity index (χ1v) is 13.2. The summed E-state index contributed by atoms with van der Waals surface area (Å²) in [5.74, 6) is -1.95. The molecule has 0 radical (unpaired) electrons. The van der Waals surface area contributed by atoms with E-state index in [9.17, 15) is 30.8 Å².